The van der Waals surface area contributed by atoms with Crippen molar-refractivity contribution in [2.24, 2.45) is 5.92 Å². The SMILES string of the molecule is O=C(OC1CCC(c2ccccc2)(c2ccccc2)CC1)OC12CCC(=O)C3Oc4c(O)ccc5c4C31CCN(CC1CC1)C2C5. The normalized spacial score (nSPS) is 31.1. The number of ketones is 1. The second-order valence-electron chi connectivity index (χ2n) is 14.7. The number of nitrogens with zero attached hydrogens (tertiary/aromatic N) is 1. The van der Waals surface area contributed by atoms with Crippen LogP contribution in [0.5, 0.6) is 11.5 Å². The maximum Gasteiger partial charge on any atom is 0.509 e. The van der Waals surface area contributed by atoms with Gasteiger partial charge < -0.3 is 19.3 Å². The van der Waals surface area contributed by atoms with Crippen molar-refractivity contribution in [1.29, 1.82) is 0 Å². The molecule has 1 spiro atoms. The Bertz CT molecular complexity index is 1640. The van der Waals surface area contributed by atoms with Crippen molar-refractivity contribution in [2.75, 3.05) is 13.1 Å². The van der Waals surface area contributed by atoms with Gasteiger partial charge in [0.1, 0.15) is 11.7 Å². The first-order chi connectivity index (χ1) is 22.4. The first-order valence-corrected chi connectivity index (χ1v) is 17.2. The summed E-state index contributed by atoms with van der Waals surface area (Å²) in [6.07, 6.45) is 6.06. The molecule has 2 heterocycles. The Hall–Kier alpha value is -3.84. The highest BCUT2D eigenvalue weighted by Crippen LogP contribution is 2.66. The number of carbonyl (C=O) groups excluding carboxylic acids is 2. The van der Waals surface area contributed by atoms with Gasteiger partial charge in [-0.05, 0) is 93.0 Å². The molecule has 0 amide bonds. The Balaban J connectivity index is 1.02. The monoisotopic (exact) mass is 619 g/mol. The molecule has 46 heavy (non-hydrogen) atoms. The van der Waals surface area contributed by atoms with Gasteiger partial charge in [-0.2, -0.15) is 0 Å². The maximum absolute atomic E-state index is 14.0. The van der Waals surface area contributed by atoms with Crippen LogP contribution in [0.3, 0.4) is 0 Å². The molecule has 2 bridgehead atoms. The number of piperidine rings is 1. The van der Waals surface area contributed by atoms with E-state index in [0.717, 1.165) is 49.9 Å². The molecule has 3 aromatic carbocycles. The third-order valence-corrected chi connectivity index (χ3v) is 12.5. The zero-order chi connectivity index (χ0) is 31.1. The van der Waals surface area contributed by atoms with Crippen molar-refractivity contribution in [3.8, 4) is 11.5 Å². The second-order valence-corrected chi connectivity index (χ2v) is 14.7. The molecule has 3 saturated carbocycles. The number of benzene rings is 3. The number of likely N-dealkylation sites (tertiary alicyclic amines) is 1. The first kappa shape index (κ1) is 28.4. The largest absolute Gasteiger partial charge is 0.509 e. The third-order valence-electron chi connectivity index (χ3n) is 12.5. The fourth-order valence-corrected chi connectivity index (χ4v) is 10.2. The van der Waals surface area contributed by atoms with Gasteiger partial charge in [-0.25, -0.2) is 4.79 Å². The van der Waals surface area contributed by atoms with Crippen molar-refractivity contribution < 1.29 is 28.9 Å². The maximum atomic E-state index is 14.0. The van der Waals surface area contributed by atoms with E-state index in [-0.39, 0.29) is 35.5 Å². The van der Waals surface area contributed by atoms with Gasteiger partial charge in [-0.3, -0.25) is 9.69 Å². The molecule has 4 fully saturated rings. The van der Waals surface area contributed by atoms with E-state index in [9.17, 15) is 14.7 Å². The summed E-state index contributed by atoms with van der Waals surface area (Å²) in [6.45, 7) is 1.79. The zero-order valence-corrected chi connectivity index (χ0v) is 26.2. The van der Waals surface area contributed by atoms with Gasteiger partial charge in [-0.15, -0.1) is 0 Å². The lowest BCUT2D eigenvalue weighted by molar-refractivity contribution is -0.199. The van der Waals surface area contributed by atoms with Crippen LogP contribution in [0.15, 0.2) is 72.8 Å². The van der Waals surface area contributed by atoms with Crippen LogP contribution >= 0.6 is 0 Å². The van der Waals surface area contributed by atoms with Gasteiger partial charge >= 0.3 is 6.16 Å². The molecule has 1 saturated heterocycles. The van der Waals surface area contributed by atoms with E-state index in [1.807, 2.05) is 6.07 Å². The second kappa shape index (κ2) is 10.3. The minimum Gasteiger partial charge on any atom is -0.504 e. The molecule has 9 rings (SSSR count). The summed E-state index contributed by atoms with van der Waals surface area (Å²) in [5, 5.41) is 10.9. The van der Waals surface area contributed by atoms with Gasteiger partial charge in [0.2, 0.25) is 0 Å². The summed E-state index contributed by atoms with van der Waals surface area (Å²) >= 11 is 0. The lowest BCUT2D eigenvalue weighted by Crippen LogP contribution is -2.77. The molecule has 7 heteroatoms. The summed E-state index contributed by atoms with van der Waals surface area (Å²) in [6, 6.07) is 25.0. The molecule has 6 aliphatic rings. The lowest BCUT2D eigenvalue weighted by Gasteiger charge is -2.63. The van der Waals surface area contributed by atoms with Crippen molar-refractivity contribution in [1.82, 2.24) is 4.90 Å². The molecule has 238 valence electrons. The summed E-state index contributed by atoms with van der Waals surface area (Å²) in [7, 11) is 0. The van der Waals surface area contributed by atoms with Gasteiger partial charge in [0.25, 0.3) is 0 Å². The highest BCUT2D eigenvalue weighted by atomic mass is 16.7. The Kier molecular flexibility index (Phi) is 6.38. The fraction of sp³-hybridized carbons (Fsp3) is 0.487. The van der Waals surface area contributed by atoms with Gasteiger partial charge in [0.05, 0.1) is 11.5 Å². The molecule has 2 aliphatic heterocycles. The minimum atomic E-state index is -0.964. The van der Waals surface area contributed by atoms with Gasteiger partial charge in [0.15, 0.2) is 23.4 Å². The number of carbonyl (C=O) groups is 2. The lowest BCUT2D eigenvalue weighted by atomic mass is 9.48. The van der Waals surface area contributed by atoms with E-state index in [4.69, 9.17) is 14.2 Å². The van der Waals surface area contributed by atoms with Crippen LogP contribution in [0.1, 0.15) is 80.0 Å². The quantitative estimate of drug-likeness (QED) is 0.311. The topological polar surface area (TPSA) is 85.3 Å². The summed E-state index contributed by atoms with van der Waals surface area (Å²) in [5.41, 5.74) is 2.64. The zero-order valence-electron chi connectivity index (χ0n) is 26.2. The molecule has 7 nitrogen and oxygen atoms in total. The molecule has 0 aromatic heterocycles. The Morgan fingerprint density at radius 1 is 0.891 bits per heavy atom. The van der Waals surface area contributed by atoms with Crippen molar-refractivity contribution >= 4 is 11.9 Å². The van der Waals surface area contributed by atoms with E-state index in [1.54, 1.807) is 6.07 Å². The molecular weight excluding hydrogens is 578 g/mol. The average molecular weight is 620 g/mol. The number of phenols is 1. The number of Topliss-reactive ketones (excluding diaryl/α,β-unsaturated/α-hetero) is 1. The predicted molar refractivity (Wildman–Crippen MR) is 171 cm³/mol. The molecular formula is C39H41NO6. The minimum absolute atomic E-state index is 0.0240. The van der Waals surface area contributed by atoms with E-state index in [0.29, 0.717) is 30.9 Å². The van der Waals surface area contributed by atoms with Crippen molar-refractivity contribution in [3.63, 3.8) is 0 Å². The first-order valence-electron chi connectivity index (χ1n) is 17.2. The summed E-state index contributed by atoms with van der Waals surface area (Å²) in [4.78, 5) is 30.1. The van der Waals surface area contributed by atoms with Crippen molar-refractivity contribution in [3.05, 3.63) is 95.1 Å². The highest BCUT2D eigenvalue weighted by molar-refractivity contribution is 5.90. The number of rotatable bonds is 6. The van der Waals surface area contributed by atoms with Gasteiger partial charge in [0, 0.05) is 23.9 Å². The number of phenolic OH excluding ortho intramolecular Hbond substituents is 1. The number of hydrogen-bond donors (Lipinski definition) is 1. The molecule has 3 aromatic rings. The van der Waals surface area contributed by atoms with Crippen LogP contribution < -0.4 is 4.74 Å². The van der Waals surface area contributed by atoms with E-state index >= 15 is 0 Å². The van der Waals surface area contributed by atoms with Crippen LogP contribution in [-0.4, -0.2) is 58.9 Å². The molecule has 0 radical (unpaired) electrons. The number of aromatic hydroxyl groups is 1. The molecule has 4 aliphatic carbocycles. The molecule has 1 N–H and O–H groups in total. The Morgan fingerprint density at radius 3 is 2.26 bits per heavy atom. The van der Waals surface area contributed by atoms with E-state index in [2.05, 4.69) is 65.6 Å². The smallest absolute Gasteiger partial charge is 0.504 e. The number of hydrogen-bond acceptors (Lipinski definition) is 7. The van der Waals surface area contributed by atoms with Crippen LogP contribution in [0.2, 0.25) is 0 Å². The standard InChI is InChI=1S/C39H41NO6/c41-30-14-13-26-23-32-39(20-17-31(42)35-38(39,33(26)34(30)45-35)21-22-40(32)24-25-11-12-25)46-36(43)44-29-15-18-37(19-16-29,27-7-3-1-4-8-27)28-9-5-2-6-10-28/h1-10,13-14,25,29,32,35,41H,11-12,15-24H2. The number of ether oxygens (including phenoxy) is 3. The summed E-state index contributed by atoms with van der Waals surface area (Å²) < 4.78 is 19.3. The molecule has 4 atom stereocenters. The Morgan fingerprint density at radius 2 is 1.59 bits per heavy atom. The molecule has 4 unspecified atom stereocenters. The van der Waals surface area contributed by atoms with Crippen LogP contribution in [0.4, 0.5) is 4.79 Å². The summed E-state index contributed by atoms with van der Waals surface area (Å²) in [5.74, 6) is 1.15. The van der Waals surface area contributed by atoms with Crippen molar-refractivity contribution in [2.45, 2.75) is 98.9 Å². The van der Waals surface area contributed by atoms with Crippen LogP contribution in [0.25, 0.3) is 0 Å². The van der Waals surface area contributed by atoms with E-state index in [1.165, 1.54) is 24.0 Å². The average Bonchev–Trinajstić information content (AvgIpc) is 3.83. The van der Waals surface area contributed by atoms with Crippen LogP contribution in [0, 0.1) is 5.92 Å². The predicted octanol–water partition coefficient (Wildman–Crippen LogP) is 6.62. The van der Waals surface area contributed by atoms with Gasteiger partial charge in [-0.1, -0.05) is 66.7 Å². The van der Waals surface area contributed by atoms with Crippen LogP contribution in [-0.2, 0) is 31.5 Å². The fourth-order valence-electron chi connectivity index (χ4n) is 10.2. The van der Waals surface area contributed by atoms with E-state index < -0.39 is 23.3 Å². The third kappa shape index (κ3) is 3.99. The Labute approximate surface area is 269 Å². The highest BCUT2D eigenvalue weighted by Gasteiger charge is 2.76.